The van der Waals surface area contributed by atoms with E-state index in [1.54, 1.807) is 12.2 Å². The molecule has 52 heavy (non-hydrogen) atoms. The van der Waals surface area contributed by atoms with E-state index in [1.807, 2.05) is 0 Å². The van der Waals surface area contributed by atoms with Gasteiger partial charge in [0.15, 0.2) is 18.9 Å². The van der Waals surface area contributed by atoms with Crippen LogP contribution in [0.1, 0.15) is 12.8 Å². The number of carbonyl (C=O) groups is 1. The zero-order chi connectivity index (χ0) is 38.3. The molecule has 0 aromatic rings. The van der Waals surface area contributed by atoms with Crippen LogP contribution < -0.4 is 39.3 Å². The summed E-state index contributed by atoms with van der Waals surface area (Å²) in [6.07, 6.45) is -16.6. The van der Waals surface area contributed by atoms with Crippen molar-refractivity contribution >= 4 is 5.91 Å². The van der Waals surface area contributed by atoms with Crippen molar-refractivity contribution in [1.29, 1.82) is 0 Å². The summed E-state index contributed by atoms with van der Waals surface area (Å²) in [5.41, 5.74) is 30.0. The van der Waals surface area contributed by atoms with Gasteiger partial charge in [-0.15, -0.1) is 0 Å². The van der Waals surface area contributed by atoms with E-state index in [2.05, 4.69) is 10.6 Å². The van der Waals surface area contributed by atoms with Gasteiger partial charge in [-0.1, -0.05) is 12.2 Å². The molecule has 3 aliphatic heterocycles. The number of carbonyl (C=O) groups excluding carboxylic acids is 1. The molecule has 19 atom stereocenters. The molecule has 3 heterocycles. The smallest absolute Gasteiger partial charge is 0.249 e. The van der Waals surface area contributed by atoms with Gasteiger partial charge < -0.3 is 109 Å². The Morgan fingerprint density at radius 2 is 1.50 bits per heavy atom. The predicted octanol–water partition coefficient (Wildman–Crippen LogP) is -9.21. The first-order chi connectivity index (χ1) is 24.7. The van der Waals surface area contributed by atoms with E-state index in [-0.39, 0.29) is 39.0 Å². The van der Waals surface area contributed by atoms with Gasteiger partial charge in [-0.2, -0.15) is 0 Å². The Bertz CT molecular complexity index is 1130. The number of aliphatic hydroxyl groups is 8. The number of nitrogens with one attached hydrogen (secondary N) is 2. The van der Waals surface area contributed by atoms with Crippen LogP contribution in [0.5, 0.6) is 0 Å². The SMILES string of the molecule is NCCC(O)C(=O)N[C@@H]1C[C@H](N)[C@@H](O[C@H]2O[C@H](CNCC(O)CO)C=C[C@H]2N)[C@H](O[C@@H]2O[C@H](CO)[C@@H](O[C@H]3O[C@@H](CN)[C@@H](O)[C@H](O)[C@H]3N)[C@H]2O)[C@H]1O. The molecule has 4 aliphatic rings. The Morgan fingerprint density at radius 3 is 2.15 bits per heavy atom. The highest BCUT2D eigenvalue weighted by Crippen LogP contribution is 2.34. The van der Waals surface area contributed by atoms with Crippen LogP contribution in [0.25, 0.3) is 0 Å². The Balaban J connectivity index is 1.53. The lowest BCUT2D eigenvalue weighted by atomic mass is 9.83. The van der Waals surface area contributed by atoms with E-state index in [0.717, 1.165) is 0 Å². The normalized spacial score (nSPS) is 43.7. The molecule has 22 nitrogen and oxygen atoms in total. The topological polar surface area (TPSA) is 388 Å². The van der Waals surface area contributed by atoms with Gasteiger partial charge in [0.2, 0.25) is 5.91 Å². The highest BCUT2D eigenvalue weighted by Gasteiger charge is 2.54. The summed E-state index contributed by atoms with van der Waals surface area (Å²) in [5, 5.41) is 88.2. The molecule has 3 fully saturated rings. The maximum absolute atomic E-state index is 12.7. The molecular weight excluding hydrogens is 698 g/mol. The van der Waals surface area contributed by atoms with Crippen LogP contribution in [0, 0.1) is 0 Å². The molecule has 4 rings (SSSR count). The molecule has 2 saturated heterocycles. The first-order valence-electron chi connectivity index (χ1n) is 17.3. The summed E-state index contributed by atoms with van der Waals surface area (Å²) in [4.78, 5) is 12.7. The molecule has 0 spiro atoms. The van der Waals surface area contributed by atoms with Gasteiger partial charge >= 0.3 is 0 Å². The summed E-state index contributed by atoms with van der Waals surface area (Å²) in [6, 6.07) is -4.17. The molecule has 0 radical (unpaired) electrons. The van der Waals surface area contributed by atoms with E-state index in [9.17, 15) is 40.5 Å². The number of hydrogen-bond acceptors (Lipinski definition) is 21. The second-order valence-electron chi connectivity index (χ2n) is 13.5. The Hall–Kier alpha value is -1.59. The van der Waals surface area contributed by atoms with Crippen molar-refractivity contribution < 1.29 is 74.1 Å². The fourth-order valence-electron chi connectivity index (χ4n) is 6.50. The number of hydrogen-bond donors (Lipinski definition) is 15. The van der Waals surface area contributed by atoms with E-state index >= 15 is 0 Å². The lowest BCUT2D eigenvalue weighted by Gasteiger charge is -2.46. The largest absolute Gasteiger partial charge is 0.394 e. The number of aliphatic hydroxyl groups excluding tert-OH is 8. The molecular formula is C30H57N7O15. The minimum Gasteiger partial charge on any atom is -0.394 e. The average molecular weight is 756 g/mol. The van der Waals surface area contributed by atoms with Crippen LogP contribution >= 0.6 is 0 Å². The summed E-state index contributed by atoms with van der Waals surface area (Å²) in [5.74, 6) is -0.817. The van der Waals surface area contributed by atoms with E-state index < -0.39 is 135 Å². The van der Waals surface area contributed by atoms with Crippen molar-refractivity contribution in [2.75, 3.05) is 39.4 Å². The van der Waals surface area contributed by atoms with Gasteiger partial charge in [-0.05, 0) is 19.4 Å². The summed E-state index contributed by atoms with van der Waals surface area (Å²) in [6.45, 7) is -1.00. The fourth-order valence-corrected chi connectivity index (χ4v) is 6.50. The second kappa shape index (κ2) is 19.8. The monoisotopic (exact) mass is 755 g/mol. The van der Waals surface area contributed by atoms with Crippen molar-refractivity contribution in [2.24, 2.45) is 28.7 Å². The minimum absolute atomic E-state index is 0.0208. The standard InChI is InChI=1S/C30H57N7O15/c31-4-3-16(41)27(46)37-15-5-14(34)24(50-28-13(33)2-1-12(47-28)8-36-7-11(40)9-38)26(20(15)42)52-30-23(45)25(18(10-39)49-30)51-29-19(35)22(44)21(43)17(6-32)48-29/h1-2,11-26,28-30,36,38-45H,3-10,31-35H2,(H,37,46)/t11?,12-,13+,14-,15+,16?,17-,18+,19+,20-,21+,22+,23+,24+,25+,26+,28+,29+,30-/m0/s1. The Labute approximate surface area is 300 Å². The Morgan fingerprint density at radius 1 is 0.827 bits per heavy atom. The van der Waals surface area contributed by atoms with Gasteiger partial charge in [0.05, 0.1) is 43.5 Å². The van der Waals surface area contributed by atoms with Crippen molar-refractivity contribution in [2.45, 2.75) is 129 Å². The third-order valence-electron chi connectivity index (χ3n) is 9.52. The fraction of sp³-hybridized carbons (Fsp3) is 0.900. The van der Waals surface area contributed by atoms with E-state index in [0.29, 0.717) is 0 Å². The first-order valence-corrected chi connectivity index (χ1v) is 17.3. The highest BCUT2D eigenvalue weighted by atomic mass is 16.8. The molecule has 1 saturated carbocycles. The molecule has 2 unspecified atom stereocenters. The van der Waals surface area contributed by atoms with Gasteiger partial charge in [0, 0.05) is 25.7 Å². The maximum Gasteiger partial charge on any atom is 0.249 e. The number of nitrogens with two attached hydrogens (primary N) is 5. The average Bonchev–Trinajstić information content (AvgIpc) is 3.42. The zero-order valence-electron chi connectivity index (χ0n) is 28.6. The van der Waals surface area contributed by atoms with Gasteiger partial charge in [-0.3, -0.25) is 4.79 Å². The summed E-state index contributed by atoms with van der Waals surface area (Å²) >= 11 is 0. The number of rotatable bonds is 17. The zero-order valence-corrected chi connectivity index (χ0v) is 28.6. The van der Waals surface area contributed by atoms with Gasteiger partial charge in [-0.25, -0.2) is 0 Å². The molecule has 302 valence electrons. The van der Waals surface area contributed by atoms with E-state index in [4.69, 9.17) is 62.2 Å². The molecule has 1 amide bonds. The summed E-state index contributed by atoms with van der Waals surface area (Å²) < 4.78 is 35.7. The van der Waals surface area contributed by atoms with Crippen LogP contribution in [0.3, 0.4) is 0 Å². The first kappa shape index (κ1) is 43.1. The molecule has 1 aliphatic carbocycles. The molecule has 0 aromatic heterocycles. The van der Waals surface area contributed by atoms with E-state index in [1.165, 1.54) is 0 Å². The molecule has 20 N–H and O–H groups in total. The van der Waals surface area contributed by atoms with Crippen molar-refractivity contribution in [3.63, 3.8) is 0 Å². The van der Waals surface area contributed by atoms with Gasteiger partial charge in [0.1, 0.15) is 61.0 Å². The lowest BCUT2D eigenvalue weighted by Crippen LogP contribution is -2.67. The van der Waals surface area contributed by atoms with Crippen molar-refractivity contribution in [3.8, 4) is 0 Å². The Kier molecular flexibility index (Phi) is 16.5. The van der Waals surface area contributed by atoms with Crippen LogP contribution in [-0.2, 0) is 33.2 Å². The number of ether oxygens (including phenoxy) is 6. The highest BCUT2D eigenvalue weighted by molar-refractivity contribution is 5.80. The molecule has 22 heteroatoms. The van der Waals surface area contributed by atoms with Crippen LogP contribution in [0.15, 0.2) is 12.2 Å². The third kappa shape index (κ3) is 10.4. The molecule has 0 aromatic carbocycles. The van der Waals surface area contributed by atoms with Crippen molar-refractivity contribution in [3.05, 3.63) is 12.2 Å². The quantitative estimate of drug-likeness (QED) is 0.0613. The minimum atomic E-state index is -1.68. The predicted molar refractivity (Wildman–Crippen MR) is 176 cm³/mol. The molecule has 0 bridgehead atoms. The van der Waals surface area contributed by atoms with Crippen LogP contribution in [-0.4, -0.2) is 202 Å². The third-order valence-corrected chi connectivity index (χ3v) is 9.52. The number of amides is 1. The lowest BCUT2D eigenvalue weighted by molar-refractivity contribution is -0.284. The van der Waals surface area contributed by atoms with Gasteiger partial charge in [0.25, 0.3) is 0 Å². The summed E-state index contributed by atoms with van der Waals surface area (Å²) in [7, 11) is 0. The van der Waals surface area contributed by atoms with Crippen LogP contribution in [0.4, 0.5) is 0 Å². The van der Waals surface area contributed by atoms with Crippen LogP contribution in [0.2, 0.25) is 0 Å². The maximum atomic E-state index is 12.7. The van der Waals surface area contributed by atoms with Crippen molar-refractivity contribution in [1.82, 2.24) is 10.6 Å². The second-order valence-corrected chi connectivity index (χ2v) is 13.5.